The smallest absolute Gasteiger partial charge is 0.260 e. The second-order valence-electron chi connectivity index (χ2n) is 6.26. The number of rotatable bonds is 5. The Morgan fingerprint density at radius 3 is 2.52 bits per heavy atom. The zero-order valence-electron chi connectivity index (χ0n) is 14.3. The van der Waals surface area contributed by atoms with E-state index in [4.69, 9.17) is 21.1 Å². The largest absolute Gasteiger partial charge is 0.490 e. The van der Waals surface area contributed by atoms with Gasteiger partial charge < -0.3 is 14.4 Å². The molecule has 0 bridgehead atoms. The number of ether oxygens (including phenoxy) is 2. The summed E-state index contributed by atoms with van der Waals surface area (Å²) < 4.78 is 11.5. The quantitative estimate of drug-likeness (QED) is 0.806. The maximum Gasteiger partial charge on any atom is 0.260 e. The average molecular weight is 360 g/mol. The van der Waals surface area contributed by atoms with Gasteiger partial charge in [0.15, 0.2) is 6.61 Å². The van der Waals surface area contributed by atoms with Gasteiger partial charge in [-0.2, -0.15) is 0 Å². The summed E-state index contributed by atoms with van der Waals surface area (Å²) in [5.74, 6) is 1.51. The van der Waals surface area contributed by atoms with E-state index < -0.39 is 0 Å². The molecule has 1 aliphatic heterocycles. The van der Waals surface area contributed by atoms with E-state index in [1.165, 1.54) is 5.56 Å². The lowest BCUT2D eigenvalue weighted by molar-refractivity contribution is -0.135. The lowest BCUT2D eigenvalue weighted by atomic mass is 10.1. The first kappa shape index (κ1) is 17.6. The number of benzene rings is 2. The molecule has 0 saturated carbocycles. The van der Waals surface area contributed by atoms with Gasteiger partial charge in [0, 0.05) is 31.0 Å². The Hall–Kier alpha value is -2.20. The van der Waals surface area contributed by atoms with Crippen LogP contribution in [0.5, 0.6) is 11.5 Å². The zero-order valence-corrected chi connectivity index (χ0v) is 15.0. The molecule has 1 heterocycles. The fourth-order valence-electron chi connectivity index (χ4n) is 2.83. The summed E-state index contributed by atoms with van der Waals surface area (Å²) in [5.41, 5.74) is 1.17. The lowest BCUT2D eigenvalue weighted by Crippen LogP contribution is -2.43. The molecule has 0 atom stereocenters. The van der Waals surface area contributed by atoms with Crippen LogP contribution in [-0.2, 0) is 4.79 Å². The predicted octanol–water partition coefficient (Wildman–Crippen LogP) is 4.10. The molecule has 3 rings (SSSR count). The highest BCUT2D eigenvalue weighted by Crippen LogP contribution is 2.22. The average Bonchev–Trinajstić information content (AvgIpc) is 2.62. The molecular formula is C20H22ClNO3. The predicted molar refractivity (Wildman–Crippen MR) is 98.4 cm³/mol. The highest BCUT2D eigenvalue weighted by atomic mass is 35.5. The zero-order chi connectivity index (χ0) is 17.6. The molecule has 5 heteroatoms. The second-order valence-corrected chi connectivity index (χ2v) is 6.69. The van der Waals surface area contributed by atoms with Gasteiger partial charge in [0.05, 0.1) is 0 Å². The van der Waals surface area contributed by atoms with Crippen LogP contribution < -0.4 is 9.47 Å². The van der Waals surface area contributed by atoms with Crippen molar-refractivity contribution in [1.29, 1.82) is 0 Å². The normalized spacial score (nSPS) is 15.0. The summed E-state index contributed by atoms with van der Waals surface area (Å²) in [5, 5.41) is 0.665. The van der Waals surface area contributed by atoms with Crippen LogP contribution in [0, 0.1) is 6.92 Å². The Balaban J connectivity index is 1.43. The monoisotopic (exact) mass is 359 g/mol. The summed E-state index contributed by atoms with van der Waals surface area (Å²) >= 11 is 5.97. The van der Waals surface area contributed by atoms with Crippen LogP contribution in [0.3, 0.4) is 0 Å². The Morgan fingerprint density at radius 2 is 1.84 bits per heavy atom. The Morgan fingerprint density at radius 1 is 1.12 bits per heavy atom. The second kappa shape index (κ2) is 8.26. The molecule has 0 aliphatic carbocycles. The number of hydrogen-bond donors (Lipinski definition) is 0. The van der Waals surface area contributed by atoms with Gasteiger partial charge in [-0.3, -0.25) is 4.79 Å². The third kappa shape index (κ3) is 5.13. The van der Waals surface area contributed by atoms with Gasteiger partial charge in [-0.1, -0.05) is 35.4 Å². The van der Waals surface area contributed by atoms with Crippen LogP contribution in [-0.4, -0.2) is 36.6 Å². The third-order valence-electron chi connectivity index (χ3n) is 4.28. The molecule has 4 nitrogen and oxygen atoms in total. The molecule has 132 valence electrons. The maximum atomic E-state index is 12.3. The Bertz CT molecular complexity index is 709. The number of carbonyl (C=O) groups excluding carboxylic acids is 1. The minimum Gasteiger partial charge on any atom is -0.490 e. The van der Waals surface area contributed by atoms with Gasteiger partial charge in [-0.25, -0.2) is 0 Å². The summed E-state index contributed by atoms with van der Waals surface area (Å²) in [6.07, 6.45) is 1.73. The summed E-state index contributed by atoms with van der Waals surface area (Å²) in [6.45, 7) is 3.45. The van der Waals surface area contributed by atoms with E-state index in [0.717, 1.165) is 24.3 Å². The van der Waals surface area contributed by atoms with Crippen LogP contribution >= 0.6 is 11.6 Å². The molecular weight excluding hydrogens is 338 g/mol. The van der Waals surface area contributed by atoms with E-state index in [9.17, 15) is 4.79 Å². The summed E-state index contributed by atoms with van der Waals surface area (Å²) in [7, 11) is 0. The molecule has 0 aromatic heterocycles. The Labute approximate surface area is 153 Å². The van der Waals surface area contributed by atoms with Gasteiger partial charge >= 0.3 is 0 Å². The number of aryl methyl sites for hydroxylation is 1. The molecule has 0 spiro atoms. The van der Waals surface area contributed by atoms with E-state index in [1.807, 2.05) is 60.4 Å². The fourth-order valence-corrected chi connectivity index (χ4v) is 3.01. The molecule has 2 aromatic rings. The number of hydrogen-bond acceptors (Lipinski definition) is 3. The van der Waals surface area contributed by atoms with E-state index in [2.05, 4.69) is 0 Å². The number of halogens is 1. The minimum absolute atomic E-state index is 0.0155. The van der Waals surface area contributed by atoms with Gasteiger partial charge in [-0.15, -0.1) is 0 Å². The lowest BCUT2D eigenvalue weighted by Gasteiger charge is -2.32. The van der Waals surface area contributed by atoms with Crippen molar-refractivity contribution in [3.63, 3.8) is 0 Å². The van der Waals surface area contributed by atoms with E-state index in [-0.39, 0.29) is 18.6 Å². The highest BCUT2D eigenvalue weighted by Gasteiger charge is 2.24. The number of nitrogens with zero attached hydrogens (tertiary/aromatic N) is 1. The first-order valence-electron chi connectivity index (χ1n) is 8.49. The van der Waals surface area contributed by atoms with Crippen LogP contribution in [0.1, 0.15) is 18.4 Å². The van der Waals surface area contributed by atoms with Crippen LogP contribution in [0.15, 0.2) is 48.5 Å². The number of piperidine rings is 1. The third-order valence-corrected chi connectivity index (χ3v) is 4.51. The van der Waals surface area contributed by atoms with Gasteiger partial charge in [-0.05, 0) is 37.3 Å². The summed E-state index contributed by atoms with van der Waals surface area (Å²) in [6, 6.07) is 15.1. The number of amides is 1. The van der Waals surface area contributed by atoms with E-state index >= 15 is 0 Å². The SMILES string of the molecule is Cc1ccc(OCC(=O)N2CCC(Oc3cccc(Cl)c3)CC2)cc1. The Kier molecular flexibility index (Phi) is 5.82. The van der Waals surface area contributed by atoms with Crippen molar-refractivity contribution in [3.8, 4) is 11.5 Å². The van der Waals surface area contributed by atoms with Crippen molar-refractivity contribution in [2.24, 2.45) is 0 Å². The van der Waals surface area contributed by atoms with Gasteiger partial charge in [0.1, 0.15) is 17.6 Å². The van der Waals surface area contributed by atoms with Crippen molar-refractivity contribution in [2.75, 3.05) is 19.7 Å². The van der Waals surface area contributed by atoms with Crippen molar-refractivity contribution < 1.29 is 14.3 Å². The standard InChI is InChI=1S/C20H22ClNO3/c1-15-5-7-17(8-6-15)24-14-20(23)22-11-9-18(10-12-22)25-19-4-2-3-16(21)13-19/h2-8,13,18H,9-12,14H2,1H3. The molecule has 0 radical (unpaired) electrons. The molecule has 25 heavy (non-hydrogen) atoms. The van der Waals surface area contributed by atoms with Crippen molar-refractivity contribution >= 4 is 17.5 Å². The molecule has 1 fully saturated rings. The fraction of sp³-hybridized carbons (Fsp3) is 0.350. The van der Waals surface area contributed by atoms with Crippen molar-refractivity contribution in [2.45, 2.75) is 25.9 Å². The van der Waals surface area contributed by atoms with Crippen molar-refractivity contribution in [1.82, 2.24) is 4.90 Å². The van der Waals surface area contributed by atoms with E-state index in [0.29, 0.717) is 18.1 Å². The first-order chi connectivity index (χ1) is 12.1. The van der Waals surface area contributed by atoms with Crippen LogP contribution in [0.25, 0.3) is 0 Å². The molecule has 1 aliphatic rings. The number of likely N-dealkylation sites (tertiary alicyclic amines) is 1. The minimum atomic E-state index is 0.0155. The molecule has 0 unspecified atom stereocenters. The summed E-state index contributed by atoms with van der Waals surface area (Å²) in [4.78, 5) is 14.1. The van der Waals surface area contributed by atoms with Crippen LogP contribution in [0.2, 0.25) is 5.02 Å². The topological polar surface area (TPSA) is 38.8 Å². The van der Waals surface area contributed by atoms with E-state index in [1.54, 1.807) is 0 Å². The number of carbonyl (C=O) groups is 1. The first-order valence-corrected chi connectivity index (χ1v) is 8.87. The van der Waals surface area contributed by atoms with Gasteiger partial charge in [0.25, 0.3) is 5.91 Å². The van der Waals surface area contributed by atoms with Crippen LogP contribution in [0.4, 0.5) is 0 Å². The molecule has 1 saturated heterocycles. The van der Waals surface area contributed by atoms with Crippen molar-refractivity contribution in [3.05, 3.63) is 59.1 Å². The van der Waals surface area contributed by atoms with Gasteiger partial charge in [0.2, 0.25) is 0 Å². The molecule has 2 aromatic carbocycles. The molecule has 1 amide bonds. The maximum absolute atomic E-state index is 12.3. The molecule has 0 N–H and O–H groups in total. The highest BCUT2D eigenvalue weighted by molar-refractivity contribution is 6.30.